The Labute approximate surface area is 99.9 Å². The molecule has 15 heavy (non-hydrogen) atoms. The lowest BCUT2D eigenvalue weighted by Gasteiger charge is -2.23. The molecule has 0 radical (unpaired) electrons. The van der Waals surface area contributed by atoms with E-state index in [1.54, 1.807) is 0 Å². The van der Waals surface area contributed by atoms with Crippen molar-refractivity contribution in [2.75, 3.05) is 13.1 Å². The molecule has 1 aliphatic rings. The van der Waals surface area contributed by atoms with E-state index >= 15 is 0 Å². The Hall–Kier alpha value is -0.600. The van der Waals surface area contributed by atoms with Gasteiger partial charge in [-0.05, 0) is 37.1 Å². The van der Waals surface area contributed by atoms with Crippen LogP contribution in [0.2, 0.25) is 0 Å². The zero-order chi connectivity index (χ0) is 10.7. The molecule has 1 atom stereocenters. The molecule has 1 nitrogen and oxygen atoms in total. The van der Waals surface area contributed by atoms with Crippen LogP contribution in [0.1, 0.15) is 24.4 Å². The summed E-state index contributed by atoms with van der Waals surface area (Å²) in [4.78, 5) is 2.50. The Kier molecular flexibility index (Phi) is 3.60. The first kappa shape index (κ1) is 10.9. The van der Waals surface area contributed by atoms with Gasteiger partial charge in [-0.15, -0.1) is 6.58 Å². The first-order valence-electron chi connectivity index (χ1n) is 5.41. The predicted octanol–water partition coefficient (Wildman–Crippen LogP) is 3.77. The third kappa shape index (κ3) is 2.50. The molecule has 0 aliphatic carbocycles. The summed E-state index contributed by atoms with van der Waals surface area (Å²) in [6, 6.07) is 9.28. The highest BCUT2D eigenvalue weighted by Gasteiger charge is 2.24. The molecular weight excluding hydrogens is 250 g/mol. The summed E-state index contributed by atoms with van der Waals surface area (Å²) in [7, 11) is 0. The van der Waals surface area contributed by atoms with Gasteiger partial charge in [-0.1, -0.05) is 34.1 Å². The van der Waals surface area contributed by atoms with Crippen LogP contribution in [0.3, 0.4) is 0 Å². The van der Waals surface area contributed by atoms with Crippen molar-refractivity contribution in [3.63, 3.8) is 0 Å². The van der Waals surface area contributed by atoms with Gasteiger partial charge in [0.05, 0.1) is 0 Å². The van der Waals surface area contributed by atoms with Gasteiger partial charge < -0.3 is 0 Å². The van der Waals surface area contributed by atoms with Crippen LogP contribution < -0.4 is 0 Å². The molecule has 0 saturated carbocycles. The fraction of sp³-hybridized carbons (Fsp3) is 0.385. The first-order chi connectivity index (χ1) is 7.31. The summed E-state index contributed by atoms with van der Waals surface area (Å²) in [5.74, 6) is 0. The van der Waals surface area contributed by atoms with Crippen LogP contribution in [0, 0.1) is 0 Å². The van der Waals surface area contributed by atoms with Gasteiger partial charge in [0.15, 0.2) is 0 Å². The highest BCUT2D eigenvalue weighted by atomic mass is 79.9. The van der Waals surface area contributed by atoms with Crippen molar-refractivity contribution >= 4 is 15.9 Å². The highest BCUT2D eigenvalue weighted by Crippen LogP contribution is 2.31. The zero-order valence-electron chi connectivity index (χ0n) is 8.82. The molecule has 0 aromatic heterocycles. The van der Waals surface area contributed by atoms with Gasteiger partial charge in [-0.25, -0.2) is 0 Å². The molecule has 0 unspecified atom stereocenters. The van der Waals surface area contributed by atoms with E-state index in [0.29, 0.717) is 6.04 Å². The van der Waals surface area contributed by atoms with Crippen molar-refractivity contribution in [1.29, 1.82) is 0 Å². The van der Waals surface area contributed by atoms with Crippen LogP contribution in [-0.2, 0) is 0 Å². The van der Waals surface area contributed by atoms with Crippen LogP contribution in [0.4, 0.5) is 0 Å². The predicted molar refractivity (Wildman–Crippen MR) is 67.9 cm³/mol. The minimum absolute atomic E-state index is 0.594. The molecule has 2 rings (SSSR count). The Morgan fingerprint density at radius 2 is 2.13 bits per heavy atom. The maximum Gasteiger partial charge on any atom is 0.0351 e. The minimum atomic E-state index is 0.594. The SMILES string of the molecule is C=CCN1CCC[C@H]1c1ccc(Br)cc1. The molecule has 2 heteroatoms. The van der Waals surface area contributed by atoms with Gasteiger partial charge in [-0.3, -0.25) is 4.90 Å². The van der Waals surface area contributed by atoms with Gasteiger partial charge in [-0.2, -0.15) is 0 Å². The fourth-order valence-corrected chi connectivity index (χ4v) is 2.54. The third-order valence-electron chi connectivity index (χ3n) is 2.98. The van der Waals surface area contributed by atoms with Crippen molar-refractivity contribution in [1.82, 2.24) is 4.90 Å². The van der Waals surface area contributed by atoms with E-state index in [1.165, 1.54) is 24.9 Å². The van der Waals surface area contributed by atoms with E-state index in [0.717, 1.165) is 11.0 Å². The van der Waals surface area contributed by atoms with Crippen LogP contribution >= 0.6 is 15.9 Å². The smallest absolute Gasteiger partial charge is 0.0351 e. The number of rotatable bonds is 3. The van der Waals surface area contributed by atoms with E-state index < -0.39 is 0 Å². The van der Waals surface area contributed by atoms with Crippen molar-refractivity contribution in [3.05, 3.63) is 47.0 Å². The molecule has 0 N–H and O–H groups in total. The van der Waals surface area contributed by atoms with Crippen molar-refractivity contribution in [2.24, 2.45) is 0 Å². The molecule has 0 spiro atoms. The van der Waals surface area contributed by atoms with Crippen LogP contribution in [0.5, 0.6) is 0 Å². The van der Waals surface area contributed by atoms with E-state index in [9.17, 15) is 0 Å². The molecular formula is C13H16BrN. The van der Waals surface area contributed by atoms with E-state index in [2.05, 4.69) is 51.7 Å². The van der Waals surface area contributed by atoms with Crippen molar-refractivity contribution in [2.45, 2.75) is 18.9 Å². The average molecular weight is 266 g/mol. The number of benzene rings is 1. The van der Waals surface area contributed by atoms with Gasteiger partial charge in [0, 0.05) is 17.1 Å². The quantitative estimate of drug-likeness (QED) is 0.753. The number of hydrogen-bond donors (Lipinski definition) is 0. The van der Waals surface area contributed by atoms with Crippen LogP contribution in [0.15, 0.2) is 41.4 Å². The Bertz CT molecular complexity index is 331. The molecule has 0 bridgehead atoms. The van der Waals surface area contributed by atoms with Crippen LogP contribution in [-0.4, -0.2) is 18.0 Å². The van der Waals surface area contributed by atoms with Gasteiger partial charge in [0.1, 0.15) is 0 Å². The maximum atomic E-state index is 3.82. The maximum absolute atomic E-state index is 3.82. The first-order valence-corrected chi connectivity index (χ1v) is 6.21. The average Bonchev–Trinajstić information content (AvgIpc) is 2.68. The monoisotopic (exact) mass is 265 g/mol. The molecule has 1 aromatic rings. The molecule has 0 amide bonds. The van der Waals surface area contributed by atoms with Gasteiger partial charge in [0.25, 0.3) is 0 Å². The van der Waals surface area contributed by atoms with E-state index in [1.807, 2.05) is 6.08 Å². The number of hydrogen-bond acceptors (Lipinski definition) is 1. The second-order valence-corrected chi connectivity index (χ2v) is 4.91. The van der Waals surface area contributed by atoms with E-state index in [4.69, 9.17) is 0 Å². The molecule has 1 heterocycles. The Morgan fingerprint density at radius 3 is 2.80 bits per heavy atom. The third-order valence-corrected chi connectivity index (χ3v) is 3.51. The zero-order valence-corrected chi connectivity index (χ0v) is 10.4. The second-order valence-electron chi connectivity index (χ2n) is 3.99. The Morgan fingerprint density at radius 1 is 1.40 bits per heavy atom. The number of halogens is 1. The topological polar surface area (TPSA) is 3.24 Å². The standard InChI is InChI=1S/C13H16BrN/c1-2-9-15-10-3-4-13(15)11-5-7-12(14)8-6-11/h2,5-8,13H,1,3-4,9-10H2/t13-/m0/s1. The molecule has 1 fully saturated rings. The largest absolute Gasteiger partial charge is 0.293 e. The minimum Gasteiger partial charge on any atom is -0.293 e. The molecule has 1 aromatic carbocycles. The summed E-state index contributed by atoms with van der Waals surface area (Å²) in [6.07, 6.45) is 4.57. The number of likely N-dealkylation sites (tertiary alicyclic amines) is 1. The fourth-order valence-electron chi connectivity index (χ4n) is 2.27. The van der Waals surface area contributed by atoms with E-state index in [-0.39, 0.29) is 0 Å². The Balaban J connectivity index is 2.15. The molecule has 1 aliphatic heterocycles. The molecule has 1 saturated heterocycles. The highest BCUT2D eigenvalue weighted by molar-refractivity contribution is 9.10. The summed E-state index contributed by atoms with van der Waals surface area (Å²) >= 11 is 3.47. The molecule has 80 valence electrons. The van der Waals surface area contributed by atoms with Crippen molar-refractivity contribution < 1.29 is 0 Å². The van der Waals surface area contributed by atoms with Gasteiger partial charge in [0.2, 0.25) is 0 Å². The van der Waals surface area contributed by atoms with Crippen molar-refractivity contribution in [3.8, 4) is 0 Å². The lowest BCUT2D eigenvalue weighted by molar-refractivity contribution is 0.286. The summed E-state index contributed by atoms with van der Waals surface area (Å²) < 4.78 is 1.15. The lowest BCUT2D eigenvalue weighted by atomic mass is 10.0. The normalized spacial score (nSPS) is 21.8. The summed E-state index contributed by atoms with van der Waals surface area (Å²) in [6.45, 7) is 6.02. The lowest BCUT2D eigenvalue weighted by Crippen LogP contribution is -2.23. The van der Waals surface area contributed by atoms with Crippen LogP contribution in [0.25, 0.3) is 0 Å². The summed E-state index contributed by atoms with van der Waals surface area (Å²) in [5.41, 5.74) is 1.43. The van der Waals surface area contributed by atoms with Gasteiger partial charge >= 0.3 is 0 Å². The second kappa shape index (κ2) is 4.95. The number of nitrogens with zero attached hydrogens (tertiary/aromatic N) is 1. The summed E-state index contributed by atoms with van der Waals surface area (Å²) in [5, 5.41) is 0.